The third-order valence-corrected chi connectivity index (χ3v) is 5.52. The van der Waals surface area contributed by atoms with Crippen molar-refractivity contribution in [3.8, 4) is 5.75 Å². The van der Waals surface area contributed by atoms with E-state index in [1.807, 2.05) is 45.0 Å². The average molecular weight is 457 g/mol. The van der Waals surface area contributed by atoms with Gasteiger partial charge in [-0.15, -0.1) is 0 Å². The number of hydrogen-bond acceptors (Lipinski definition) is 3. The van der Waals surface area contributed by atoms with Crippen LogP contribution >= 0.6 is 28.1 Å². The second-order valence-corrected chi connectivity index (χ2v) is 7.88. The number of fused-ring (bicyclic) bond motifs is 1. The number of halogens is 1. The summed E-state index contributed by atoms with van der Waals surface area (Å²) in [6.07, 6.45) is 0. The van der Waals surface area contributed by atoms with Crippen LogP contribution in [0.5, 0.6) is 5.75 Å². The monoisotopic (exact) mass is 456 g/mol. The molecule has 0 aliphatic rings. The van der Waals surface area contributed by atoms with E-state index in [-0.39, 0.29) is 11.0 Å². The molecule has 0 atom stereocenters. The molecule has 0 aromatic heterocycles. The molecule has 28 heavy (non-hydrogen) atoms. The summed E-state index contributed by atoms with van der Waals surface area (Å²) < 4.78 is 6.22. The lowest BCUT2D eigenvalue weighted by Gasteiger charge is -2.17. The Bertz CT molecular complexity index is 1070. The Morgan fingerprint density at radius 2 is 1.71 bits per heavy atom. The van der Waals surface area contributed by atoms with Crippen LogP contribution in [0.15, 0.2) is 46.9 Å². The fraction of sp³-hybridized carbons (Fsp3) is 0.182. The predicted molar refractivity (Wildman–Crippen MR) is 123 cm³/mol. The SMILES string of the molecule is COc1c(C(=O)NC(=S)Nc2c(C)cc(C)cc2C)cc2ccccc2c1Br. The average Bonchev–Trinajstić information content (AvgIpc) is 2.64. The van der Waals surface area contributed by atoms with E-state index < -0.39 is 0 Å². The van der Waals surface area contributed by atoms with Crippen LogP contribution in [-0.4, -0.2) is 18.1 Å². The molecule has 0 bridgehead atoms. The molecule has 0 spiro atoms. The number of carbonyl (C=O) groups is 1. The summed E-state index contributed by atoms with van der Waals surface area (Å²) in [6.45, 7) is 6.07. The summed E-state index contributed by atoms with van der Waals surface area (Å²) in [5.74, 6) is 0.143. The van der Waals surface area contributed by atoms with E-state index in [1.54, 1.807) is 13.2 Å². The number of hydrogen-bond donors (Lipinski definition) is 2. The molecule has 0 fully saturated rings. The summed E-state index contributed by atoms with van der Waals surface area (Å²) in [5, 5.41) is 8.05. The van der Waals surface area contributed by atoms with Gasteiger partial charge in [-0.05, 0) is 76.9 Å². The predicted octanol–water partition coefficient (Wildman–Crippen LogP) is 5.66. The topological polar surface area (TPSA) is 50.4 Å². The Labute approximate surface area is 178 Å². The molecule has 0 aliphatic heterocycles. The highest BCUT2D eigenvalue weighted by atomic mass is 79.9. The van der Waals surface area contributed by atoms with Crippen LogP contribution < -0.4 is 15.4 Å². The first kappa shape index (κ1) is 20.3. The number of benzene rings is 3. The normalized spacial score (nSPS) is 10.6. The highest BCUT2D eigenvalue weighted by molar-refractivity contribution is 9.10. The van der Waals surface area contributed by atoms with E-state index in [0.717, 1.165) is 32.1 Å². The summed E-state index contributed by atoms with van der Waals surface area (Å²) in [6, 6.07) is 13.7. The molecular weight excluding hydrogens is 436 g/mol. The minimum absolute atomic E-state index is 0.242. The van der Waals surface area contributed by atoms with Gasteiger partial charge in [-0.3, -0.25) is 10.1 Å². The molecule has 6 heteroatoms. The quantitative estimate of drug-likeness (QED) is 0.498. The first-order valence-corrected chi connectivity index (χ1v) is 9.97. The maximum atomic E-state index is 12.9. The molecule has 144 valence electrons. The zero-order chi connectivity index (χ0) is 20.4. The number of nitrogens with one attached hydrogen (secondary N) is 2. The van der Waals surface area contributed by atoms with Crippen molar-refractivity contribution < 1.29 is 9.53 Å². The third-order valence-electron chi connectivity index (χ3n) is 4.53. The number of carbonyl (C=O) groups excluding carboxylic acids is 1. The van der Waals surface area contributed by atoms with Crippen molar-refractivity contribution in [2.75, 3.05) is 12.4 Å². The molecule has 1 amide bonds. The van der Waals surface area contributed by atoms with Crippen molar-refractivity contribution in [2.24, 2.45) is 0 Å². The van der Waals surface area contributed by atoms with Gasteiger partial charge in [-0.25, -0.2) is 0 Å². The minimum atomic E-state index is -0.330. The molecule has 0 unspecified atom stereocenters. The summed E-state index contributed by atoms with van der Waals surface area (Å²) in [7, 11) is 1.54. The van der Waals surface area contributed by atoms with Crippen molar-refractivity contribution in [1.82, 2.24) is 5.32 Å². The third kappa shape index (κ3) is 4.03. The largest absolute Gasteiger partial charge is 0.495 e. The number of thiocarbonyl (C=S) groups is 1. The Kier molecular flexibility index (Phi) is 6.01. The molecule has 3 rings (SSSR count). The molecule has 0 saturated heterocycles. The van der Waals surface area contributed by atoms with E-state index in [1.165, 1.54) is 5.56 Å². The maximum Gasteiger partial charge on any atom is 0.261 e. The zero-order valence-electron chi connectivity index (χ0n) is 16.1. The minimum Gasteiger partial charge on any atom is -0.495 e. The smallest absolute Gasteiger partial charge is 0.261 e. The van der Waals surface area contributed by atoms with Crippen molar-refractivity contribution in [1.29, 1.82) is 0 Å². The van der Waals surface area contributed by atoms with E-state index in [0.29, 0.717) is 11.3 Å². The summed E-state index contributed by atoms with van der Waals surface area (Å²) >= 11 is 8.93. The van der Waals surface area contributed by atoms with Crippen molar-refractivity contribution in [2.45, 2.75) is 20.8 Å². The van der Waals surface area contributed by atoms with Gasteiger partial charge in [0.25, 0.3) is 5.91 Å². The maximum absolute atomic E-state index is 12.9. The fourth-order valence-corrected chi connectivity index (χ4v) is 4.28. The van der Waals surface area contributed by atoms with Crippen LogP contribution in [-0.2, 0) is 0 Å². The number of rotatable bonds is 3. The Balaban J connectivity index is 1.88. The highest BCUT2D eigenvalue weighted by Crippen LogP contribution is 2.36. The van der Waals surface area contributed by atoms with Gasteiger partial charge < -0.3 is 10.1 Å². The van der Waals surface area contributed by atoms with Gasteiger partial charge in [0.15, 0.2) is 5.11 Å². The van der Waals surface area contributed by atoms with Gasteiger partial charge >= 0.3 is 0 Å². The first-order valence-electron chi connectivity index (χ1n) is 8.77. The van der Waals surface area contributed by atoms with Gasteiger partial charge in [-0.2, -0.15) is 0 Å². The van der Waals surface area contributed by atoms with Crippen molar-refractivity contribution in [3.63, 3.8) is 0 Å². The second-order valence-electron chi connectivity index (χ2n) is 6.67. The molecule has 0 radical (unpaired) electrons. The number of amides is 1. The molecule has 3 aromatic carbocycles. The van der Waals surface area contributed by atoms with Crippen molar-refractivity contribution >= 4 is 55.6 Å². The molecule has 0 aliphatic carbocycles. The number of ether oxygens (including phenoxy) is 1. The van der Waals surface area contributed by atoms with Crippen LogP contribution in [0, 0.1) is 20.8 Å². The van der Waals surface area contributed by atoms with Gasteiger partial charge in [-0.1, -0.05) is 42.0 Å². The molecule has 2 N–H and O–H groups in total. The lowest BCUT2D eigenvalue weighted by molar-refractivity contribution is 0.0975. The molecule has 3 aromatic rings. The van der Waals surface area contributed by atoms with E-state index >= 15 is 0 Å². The molecule has 0 heterocycles. The lowest BCUT2D eigenvalue weighted by Crippen LogP contribution is -2.34. The first-order chi connectivity index (χ1) is 13.3. The molecule has 4 nitrogen and oxygen atoms in total. The Morgan fingerprint density at radius 3 is 2.36 bits per heavy atom. The standard InChI is InChI=1S/C22H21BrN2O2S/c1-12-9-13(2)19(14(3)10-12)24-22(28)25-21(26)17-11-15-7-5-6-8-16(15)18(23)20(17)27-4/h5-11H,1-4H3,(H2,24,25,26,28). The highest BCUT2D eigenvalue weighted by Gasteiger charge is 2.19. The van der Waals surface area contributed by atoms with Crippen LogP contribution in [0.1, 0.15) is 27.0 Å². The second kappa shape index (κ2) is 8.29. The Hall–Kier alpha value is -2.44. The van der Waals surface area contributed by atoms with Crippen LogP contribution in [0.4, 0.5) is 5.69 Å². The van der Waals surface area contributed by atoms with E-state index in [9.17, 15) is 4.79 Å². The molecular formula is C22H21BrN2O2S. The Morgan fingerprint density at radius 1 is 1.07 bits per heavy atom. The van der Waals surface area contributed by atoms with Gasteiger partial charge in [0, 0.05) is 5.69 Å². The molecule has 0 saturated carbocycles. The van der Waals surface area contributed by atoms with E-state index in [2.05, 4.69) is 38.7 Å². The van der Waals surface area contributed by atoms with Gasteiger partial charge in [0.1, 0.15) is 5.75 Å². The van der Waals surface area contributed by atoms with Crippen LogP contribution in [0.3, 0.4) is 0 Å². The number of anilines is 1. The van der Waals surface area contributed by atoms with Gasteiger partial charge in [0.05, 0.1) is 17.1 Å². The van der Waals surface area contributed by atoms with Gasteiger partial charge in [0.2, 0.25) is 0 Å². The van der Waals surface area contributed by atoms with Crippen LogP contribution in [0.25, 0.3) is 10.8 Å². The lowest BCUT2D eigenvalue weighted by atomic mass is 10.0. The number of aryl methyl sites for hydroxylation is 3. The van der Waals surface area contributed by atoms with Crippen molar-refractivity contribution in [3.05, 3.63) is 69.2 Å². The summed E-state index contributed by atoms with van der Waals surface area (Å²) in [5.41, 5.74) is 4.64. The van der Waals surface area contributed by atoms with Crippen LogP contribution in [0.2, 0.25) is 0 Å². The fourth-order valence-electron chi connectivity index (χ4n) is 3.35. The zero-order valence-corrected chi connectivity index (χ0v) is 18.5. The number of methoxy groups -OCH3 is 1. The van der Waals surface area contributed by atoms with E-state index in [4.69, 9.17) is 17.0 Å². The summed E-state index contributed by atoms with van der Waals surface area (Å²) in [4.78, 5) is 12.9.